The van der Waals surface area contributed by atoms with Crippen molar-refractivity contribution in [2.45, 2.75) is 13.8 Å². The number of rotatable bonds is 1. The highest BCUT2D eigenvalue weighted by molar-refractivity contribution is 7.15. The van der Waals surface area contributed by atoms with Gasteiger partial charge in [0, 0.05) is 0 Å². The number of fused-ring (bicyclic) bond motifs is 3. The van der Waals surface area contributed by atoms with Gasteiger partial charge in [-0.05, 0) is 54.8 Å². The summed E-state index contributed by atoms with van der Waals surface area (Å²) in [6, 6.07) is 10.9. The highest BCUT2D eigenvalue weighted by atomic mass is 32.1. The standard InChI is InChI=1S/C18H14N2O2S/c1-10-7-11(2)16-14(8-10)20-17(22)15(23-18(20)19-16)9-12-3-5-13(21)6-4-12/h3-9,21H,1-2H3/b15-9-. The highest BCUT2D eigenvalue weighted by Gasteiger charge is 2.13. The van der Waals surface area contributed by atoms with Crippen molar-refractivity contribution in [3.63, 3.8) is 0 Å². The lowest BCUT2D eigenvalue weighted by Gasteiger charge is -1.97. The zero-order valence-electron chi connectivity index (χ0n) is 12.7. The first-order chi connectivity index (χ1) is 11.0. The van der Waals surface area contributed by atoms with Crippen LogP contribution in [0.15, 0.2) is 41.2 Å². The Labute approximate surface area is 136 Å². The molecule has 1 N–H and O–H groups in total. The van der Waals surface area contributed by atoms with Gasteiger partial charge in [0.25, 0.3) is 5.56 Å². The molecule has 0 saturated heterocycles. The van der Waals surface area contributed by atoms with E-state index in [-0.39, 0.29) is 11.3 Å². The fourth-order valence-corrected chi connectivity index (χ4v) is 3.81. The van der Waals surface area contributed by atoms with Gasteiger partial charge in [-0.1, -0.05) is 29.5 Å². The second-order valence-electron chi connectivity index (χ2n) is 5.69. The maximum Gasteiger partial charge on any atom is 0.274 e. The SMILES string of the molecule is Cc1cc(C)c2nc3s/c(=C\c4ccc(O)cc4)c(=O)n3c2c1. The monoisotopic (exact) mass is 322 g/mol. The molecule has 114 valence electrons. The Balaban J connectivity index is 2.02. The van der Waals surface area contributed by atoms with Gasteiger partial charge in [-0.25, -0.2) is 9.38 Å². The molecule has 0 radical (unpaired) electrons. The van der Waals surface area contributed by atoms with E-state index in [1.54, 1.807) is 28.7 Å². The van der Waals surface area contributed by atoms with E-state index in [9.17, 15) is 9.90 Å². The number of hydrogen-bond acceptors (Lipinski definition) is 4. The highest BCUT2D eigenvalue weighted by Crippen LogP contribution is 2.21. The molecule has 2 heterocycles. The van der Waals surface area contributed by atoms with Crippen LogP contribution in [0.3, 0.4) is 0 Å². The van der Waals surface area contributed by atoms with Gasteiger partial charge in [0.1, 0.15) is 5.75 Å². The van der Waals surface area contributed by atoms with E-state index >= 15 is 0 Å². The Morgan fingerprint density at radius 1 is 1.17 bits per heavy atom. The average molecular weight is 322 g/mol. The third kappa shape index (κ3) is 2.21. The van der Waals surface area contributed by atoms with Crippen LogP contribution in [0, 0.1) is 13.8 Å². The first-order valence-electron chi connectivity index (χ1n) is 7.26. The van der Waals surface area contributed by atoms with E-state index in [1.807, 2.05) is 26.0 Å². The van der Waals surface area contributed by atoms with Crippen LogP contribution in [0.1, 0.15) is 16.7 Å². The van der Waals surface area contributed by atoms with Crippen molar-refractivity contribution in [1.29, 1.82) is 0 Å². The normalized spacial score (nSPS) is 12.5. The summed E-state index contributed by atoms with van der Waals surface area (Å²) < 4.78 is 2.32. The number of benzene rings is 2. The summed E-state index contributed by atoms with van der Waals surface area (Å²) in [6.07, 6.45) is 1.83. The molecule has 0 aliphatic heterocycles. The minimum atomic E-state index is -0.0504. The predicted octanol–water partition coefficient (Wildman–Crippen LogP) is 2.78. The molecule has 2 aromatic heterocycles. The molecule has 0 unspecified atom stereocenters. The minimum absolute atomic E-state index is 0.0504. The third-order valence-corrected chi connectivity index (χ3v) is 4.84. The summed E-state index contributed by atoms with van der Waals surface area (Å²) in [5.74, 6) is 0.211. The molecule has 4 aromatic rings. The first kappa shape index (κ1) is 14.0. The van der Waals surface area contributed by atoms with E-state index in [1.165, 1.54) is 11.3 Å². The van der Waals surface area contributed by atoms with Crippen LogP contribution in [0.2, 0.25) is 0 Å². The average Bonchev–Trinajstić information content (AvgIpc) is 3.00. The molecule has 0 bridgehead atoms. The molecule has 2 aromatic carbocycles. The number of aromatic hydroxyl groups is 1. The number of aryl methyl sites for hydroxylation is 2. The molecule has 0 spiro atoms. The first-order valence-corrected chi connectivity index (χ1v) is 8.07. The van der Waals surface area contributed by atoms with Crippen LogP contribution in [0.5, 0.6) is 5.75 Å². The molecule has 4 nitrogen and oxygen atoms in total. The van der Waals surface area contributed by atoms with Gasteiger partial charge in [-0.3, -0.25) is 4.79 Å². The predicted molar refractivity (Wildman–Crippen MR) is 93.2 cm³/mol. The summed E-state index contributed by atoms with van der Waals surface area (Å²) in [4.78, 5) is 18.1. The van der Waals surface area contributed by atoms with Gasteiger partial charge in [0.05, 0.1) is 15.6 Å². The zero-order valence-corrected chi connectivity index (χ0v) is 13.5. The minimum Gasteiger partial charge on any atom is -0.508 e. The van der Waals surface area contributed by atoms with Crippen LogP contribution in [0.4, 0.5) is 0 Å². The number of aromatic nitrogens is 2. The van der Waals surface area contributed by atoms with Gasteiger partial charge in [0.2, 0.25) is 0 Å². The van der Waals surface area contributed by atoms with Crippen molar-refractivity contribution >= 4 is 33.4 Å². The molecule has 0 atom stereocenters. The molecule has 23 heavy (non-hydrogen) atoms. The lowest BCUT2D eigenvalue weighted by Crippen LogP contribution is -2.22. The van der Waals surface area contributed by atoms with Gasteiger partial charge in [0.15, 0.2) is 4.96 Å². The topological polar surface area (TPSA) is 54.6 Å². The number of hydrogen-bond donors (Lipinski definition) is 1. The molecule has 5 heteroatoms. The van der Waals surface area contributed by atoms with Crippen LogP contribution >= 0.6 is 11.3 Å². The number of phenolic OH excluding ortho intramolecular Hbond substituents is 1. The Morgan fingerprint density at radius 3 is 2.65 bits per heavy atom. The van der Waals surface area contributed by atoms with E-state index in [0.29, 0.717) is 9.49 Å². The molecular weight excluding hydrogens is 308 g/mol. The molecular formula is C18H14N2O2S. The van der Waals surface area contributed by atoms with Crippen LogP contribution in [-0.4, -0.2) is 14.5 Å². The van der Waals surface area contributed by atoms with Gasteiger partial charge >= 0.3 is 0 Å². The Bertz CT molecular complexity index is 1150. The van der Waals surface area contributed by atoms with Crippen molar-refractivity contribution in [1.82, 2.24) is 9.38 Å². The fourth-order valence-electron chi connectivity index (χ4n) is 2.83. The van der Waals surface area contributed by atoms with E-state index in [4.69, 9.17) is 0 Å². The molecule has 0 amide bonds. The summed E-state index contributed by atoms with van der Waals surface area (Å²) in [5, 5.41) is 9.34. The van der Waals surface area contributed by atoms with E-state index in [2.05, 4.69) is 11.1 Å². The maximum absolute atomic E-state index is 12.8. The van der Waals surface area contributed by atoms with Gasteiger partial charge in [-0.15, -0.1) is 0 Å². The number of nitrogens with zero attached hydrogens (tertiary/aromatic N) is 2. The molecule has 0 aliphatic rings. The smallest absolute Gasteiger partial charge is 0.274 e. The van der Waals surface area contributed by atoms with Crippen LogP contribution in [0.25, 0.3) is 22.1 Å². The molecule has 0 fully saturated rings. The summed E-state index contributed by atoms with van der Waals surface area (Å²) in [5.41, 5.74) is 4.77. The Hall–Kier alpha value is -2.66. The zero-order chi connectivity index (χ0) is 16.1. The number of phenols is 1. The van der Waals surface area contributed by atoms with Gasteiger partial charge in [-0.2, -0.15) is 0 Å². The second kappa shape index (κ2) is 4.93. The Morgan fingerprint density at radius 2 is 1.91 bits per heavy atom. The third-order valence-electron chi connectivity index (χ3n) is 3.87. The van der Waals surface area contributed by atoms with Crippen molar-refractivity contribution in [3.8, 4) is 5.75 Å². The van der Waals surface area contributed by atoms with Crippen molar-refractivity contribution < 1.29 is 5.11 Å². The number of imidazole rings is 1. The van der Waals surface area contributed by atoms with Crippen molar-refractivity contribution in [2.75, 3.05) is 0 Å². The van der Waals surface area contributed by atoms with Crippen molar-refractivity contribution in [3.05, 3.63) is 68.0 Å². The molecule has 4 rings (SSSR count). The maximum atomic E-state index is 12.8. The van der Waals surface area contributed by atoms with Crippen molar-refractivity contribution in [2.24, 2.45) is 0 Å². The van der Waals surface area contributed by atoms with Crippen LogP contribution < -0.4 is 10.1 Å². The fraction of sp³-hybridized carbons (Fsp3) is 0.111. The lowest BCUT2D eigenvalue weighted by atomic mass is 10.1. The summed E-state index contributed by atoms with van der Waals surface area (Å²) in [7, 11) is 0. The van der Waals surface area contributed by atoms with E-state index in [0.717, 1.165) is 27.7 Å². The molecule has 0 aliphatic carbocycles. The van der Waals surface area contributed by atoms with Crippen LogP contribution in [-0.2, 0) is 0 Å². The van der Waals surface area contributed by atoms with Gasteiger partial charge < -0.3 is 5.11 Å². The summed E-state index contributed by atoms with van der Waals surface area (Å²) in [6.45, 7) is 4.03. The summed E-state index contributed by atoms with van der Waals surface area (Å²) >= 11 is 1.38. The largest absolute Gasteiger partial charge is 0.508 e. The number of thiazole rings is 1. The lowest BCUT2D eigenvalue weighted by molar-refractivity contribution is 0.475. The quantitative estimate of drug-likeness (QED) is 0.586. The Kier molecular flexibility index (Phi) is 2.99. The van der Waals surface area contributed by atoms with E-state index < -0.39 is 0 Å². The molecule has 0 saturated carbocycles. The second-order valence-corrected chi connectivity index (χ2v) is 6.70.